The van der Waals surface area contributed by atoms with Crippen molar-refractivity contribution in [2.24, 2.45) is 0 Å². The third kappa shape index (κ3) is 4.06. The fraction of sp³-hybridized carbons (Fsp3) is 0.333. The molecule has 0 unspecified atom stereocenters. The molecule has 2 aromatic rings. The fourth-order valence-electron chi connectivity index (χ4n) is 2.68. The van der Waals surface area contributed by atoms with Gasteiger partial charge in [0.15, 0.2) is 0 Å². The summed E-state index contributed by atoms with van der Waals surface area (Å²) >= 11 is 1.70. The number of thiophene rings is 1. The van der Waals surface area contributed by atoms with Crippen molar-refractivity contribution < 1.29 is 10.2 Å². The van der Waals surface area contributed by atoms with Gasteiger partial charge >= 0.3 is 0 Å². The summed E-state index contributed by atoms with van der Waals surface area (Å²) in [4.78, 5) is 3.59. The topological polar surface area (TPSA) is 55.7 Å². The number of piperazine rings is 1. The molecule has 3 N–H and O–H groups in total. The van der Waals surface area contributed by atoms with E-state index < -0.39 is 0 Å². The van der Waals surface area contributed by atoms with Crippen molar-refractivity contribution in [2.45, 2.75) is 6.04 Å². The van der Waals surface area contributed by atoms with Gasteiger partial charge in [0.05, 0.1) is 6.04 Å². The summed E-state index contributed by atoms with van der Waals surface area (Å²) in [6.45, 7) is 3.81. The molecule has 1 aliphatic rings. The summed E-state index contributed by atoms with van der Waals surface area (Å²) in [5.41, 5.74) is 0.854. The SMILES string of the molecule is Cl.Cl.Oc1ccc([C@@H](c2cccs2)N2CCNCC2)c(O)c1. The van der Waals surface area contributed by atoms with Crippen LogP contribution in [0.3, 0.4) is 0 Å². The lowest BCUT2D eigenvalue weighted by Crippen LogP contribution is -2.45. The molecule has 2 heterocycles. The van der Waals surface area contributed by atoms with E-state index in [0.717, 1.165) is 31.7 Å². The van der Waals surface area contributed by atoms with Crippen molar-refractivity contribution in [1.82, 2.24) is 10.2 Å². The molecule has 1 saturated heterocycles. The molecule has 1 fully saturated rings. The van der Waals surface area contributed by atoms with E-state index in [9.17, 15) is 10.2 Å². The summed E-state index contributed by atoms with van der Waals surface area (Å²) in [5, 5.41) is 25.1. The first-order valence-electron chi connectivity index (χ1n) is 6.76. The molecule has 0 radical (unpaired) electrons. The second kappa shape index (κ2) is 8.60. The lowest BCUT2D eigenvalue weighted by Gasteiger charge is -2.35. The van der Waals surface area contributed by atoms with Gasteiger partial charge in [-0.15, -0.1) is 36.2 Å². The lowest BCUT2D eigenvalue weighted by molar-refractivity contribution is 0.198. The maximum absolute atomic E-state index is 10.2. The summed E-state index contributed by atoms with van der Waals surface area (Å²) in [6.07, 6.45) is 0. The van der Waals surface area contributed by atoms with Gasteiger partial charge in [0, 0.05) is 42.7 Å². The Hall–Kier alpha value is -0.980. The number of rotatable bonds is 3. The van der Waals surface area contributed by atoms with Gasteiger partial charge in [-0.2, -0.15) is 0 Å². The van der Waals surface area contributed by atoms with E-state index in [-0.39, 0.29) is 42.4 Å². The van der Waals surface area contributed by atoms with Crippen LogP contribution < -0.4 is 5.32 Å². The number of phenols is 2. The second-order valence-electron chi connectivity index (χ2n) is 4.95. The van der Waals surface area contributed by atoms with E-state index in [4.69, 9.17) is 0 Å². The number of aromatic hydroxyl groups is 2. The molecule has 0 saturated carbocycles. The van der Waals surface area contributed by atoms with Crippen molar-refractivity contribution in [3.8, 4) is 11.5 Å². The Morgan fingerprint density at radius 3 is 2.41 bits per heavy atom. The van der Waals surface area contributed by atoms with E-state index in [2.05, 4.69) is 21.7 Å². The van der Waals surface area contributed by atoms with Gasteiger partial charge in [0.25, 0.3) is 0 Å². The highest BCUT2D eigenvalue weighted by Gasteiger charge is 2.26. The normalized spacial score (nSPS) is 16.4. The minimum atomic E-state index is 0. The van der Waals surface area contributed by atoms with Crippen LogP contribution in [0.15, 0.2) is 35.7 Å². The van der Waals surface area contributed by atoms with Gasteiger partial charge in [-0.3, -0.25) is 4.90 Å². The maximum atomic E-state index is 10.2. The van der Waals surface area contributed by atoms with E-state index in [1.807, 2.05) is 12.1 Å². The average Bonchev–Trinajstić information content (AvgIpc) is 2.97. The molecule has 0 aliphatic carbocycles. The Balaban J connectivity index is 0.00000121. The van der Waals surface area contributed by atoms with Crippen LogP contribution in [0, 0.1) is 0 Å². The number of hydrogen-bond acceptors (Lipinski definition) is 5. The summed E-state index contributed by atoms with van der Waals surface area (Å²) in [7, 11) is 0. The summed E-state index contributed by atoms with van der Waals surface area (Å²) in [6, 6.07) is 9.06. The van der Waals surface area contributed by atoms with Crippen LogP contribution in [-0.4, -0.2) is 41.3 Å². The molecule has 3 rings (SSSR count). The molecule has 4 nitrogen and oxygen atoms in total. The van der Waals surface area contributed by atoms with Crippen molar-refractivity contribution in [1.29, 1.82) is 0 Å². The van der Waals surface area contributed by atoms with Gasteiger partial charge in [0.1, 0.15) is 11.5 Å². The van der Waals surface area contributed by atoms with Crippen molar-refractivity contribution in [3.63, 3.8) is 0 Å². The zero-order valence-electron chi connectivity index (χ0n) is 11.9. The Morgan fingerprint density at radius 1 is 1.09 bits per heavy atom. The maximum Gasteiger partial charge on any atom is 0.124 e. The molecule has 7 heteroatoms. The minimum Gasteiger partial charge on any atom is -0.508 e. The number of nitrogens with zero attached hydrogens (tertiary/aromatic N) is 1. The molecule has 1 aromatic carbocycles. The zero-order chi connectivity index (χ0) is 13.9. The highest BCUT2D eigenvalue weighted by Crippen LogP contribution is 2.37. The van der Waals surface area contributed by atoms with Gasteiger partial charge < -0.3 is 15.5 Å². The van der Waals surface area contributed by atoms with Gasteiger partial charge in [0.2, 0.25) is 0 Å². The Bertz CT molecular complexity index is 575. The quantitative estimate of drug-likeness (QED) is 0.785. The van der Waals surface area contributed by atoms with E-state index >= 15 is 0 Å². The summed E-state index contributed by atoms with van der Waals surface area (Å²) in [5.74, 6) is 0.249. The average molecular weight is 363 g/mol. The molecule has 1 aliphatic heterocycles. The number of hydrogen-bond donors (Lipinski definition) is 3. The Kier molecular flexibility index (Phi) is 7.45. The van der Waals surface area contributed by atoms with E-state index in [0.29, 0.717) is 0 Å². The summed E-state index contributed by atoms with van der Waals surface area (Å²) < 4.78 is 0. The molecule has 1 atom stereocenters. The van der Waals surface area contributed by atoms with Crippen LogP contribution in [0.5, 0.6) is 11.5 Å². The number of nitrogens with one attached hydrogen (secondary N) is 1. The second-order valence-corrected chi connectivity index (χ2v) is 5.93. The van der Waals surface area contributed by atoms with Gasteiger partial charge in [-0.1, -0.05) is 6.07 Å². The van der Waals surface area contributed by atoms with Crippen LogP contribution in [-0.2, 0) is 0 Å². The Labute approximate surface area is 146 Å². The third-order valence-corrected chi connectivity index (χ3v) is 4.56. The predicted octanol–water partition coefficient (Wildman–Crippen LogP) is 3.00. The van der Waals surface area contributed by atoms with Gasteiger partial charge in [-0.05, 0) is 23.6 Å². The minimum absolute atomic E-state index is 0. The van der Waals surface area contributed by atoms with Crippen molar-refractivity contribution >= 4 is 36.2 Å². The van der Waals surface area contributed by atoms with Crippen LogP contribution in [0.4, 0.5) is 0 Å². The molecule has 0 amide bonds. The first-order chi connectivity index (χ1) is 9.75. The molecule has 122 valence electrons. The standard InChI is InChI=1S/C15H18N2O2S.2ClH/c18-11-3-4-12(13(19)10-11)15(14-2-1-9-20-14)17-7-5-16-6-8-17;;/h1-4,9-10,15-16,18-19H,5-8H2;2*1H/t15-;;/m0../s1. The molecule has 0 spiro atoms. The third-order valence-electron chi connectivity index (χ3n) is 3.64. The smallest absolute Gasteiger partial charge is 0.124 e. The van der Waals surface area contributed by atoms with E-state index in [1.165, 1.54) is 10.9 Å². The zero-order valence-corrected chi connectivity index (χ0v) is 14.4. The molecule has 0 bridgehead atoms. The fourth-order valence-corrected chi connectivity index (χ4v) is 3.56. The van der Waals surface area contributed by atoms with Crippen molar-refractivity contribution in [2.75, 3.05) is 26.2 Å². The van der Waals surface area contributed by atoms with E-state index in [1.54, 1.807) is 17.4 Å². The number of phenolic OH excluding ortho intramolecular Hbond substituents is 2. The largest absolute Gasteiger partial charge is 0.508 e. The predicted molar refractivity (Wildman–Crippen MR) is 94.9 cm³/mol. The van der Waals surface area contributed by atoms with Crippen LogP contribution >= 0.6 is 36.2 Å². The highest BCUT2D eigenvalue weighted by molar-refractivity contribution is 7.10. The molecular weight excluding hydrogens is 343 g/mol. The van der Waals surface area contributed by atoms with Gasteiger partial charge in [-0.25, -0.2) is 0 Å². The van der Waals surface area contributed by atoms with Crippen LogP contribution in [0.25, 0.3) is 0 Å². The monoisotopic (exact) mass is 362 g/mol. The first-order valence-corrected chi connectivity index (χ1v) is 7.64. The molecule has 22 heavy (non-hydrogen) atoms. The Morgan fingerprint density at radius 2 is 1.82 bits per heavy atom. The lowest BCUT2D eigenvalue weighted by atomic mass is 10.0. The first kappa shape index (κ1) is 19.1. The molecular formula is C15H20Cl2N2O2S. The number of halogens is 2. The number of benzene rings is 1. The van der Waals surface area contributed by atoms with Crippen molar-refractivity contribution in [3.05, 3.63) is 46.2 Å². The highest BCUT2D eigenvalue weighted by atomic mass is 35.5. The van der Waals surface area contributed by atoms with Crippen LogP contribution in [0.1, 0.15) is 16.5 Å². The van der Waals surface area contributed by atoms with Crippen LogP contribution in [0.2, 0.25) is 0 Å². The molecule has 1 aromatic heterocycles.